The molecule has 1 fully saturated rings. The fourth-order valence-electron chi connectivity index (χ4n) is 2.95. The van der Waals surface area contributed by atoms with Crippen LogP contribution < -0.4 is 4.74 Å². The second-order valence-corrected chi connectivity index (χ2v) is 5.93. The third kappa shape index (κ3) is 2.25. The van der Waals surface area contributed by atoms with Gasteiger partial charge in [0.05, 0.1) is 17.8 Å². The van der Waals surface area contributed by atoms with Gasteiger partial charge < -0.3 is 9.47 Å². The van der Waals surface area contributed by atoms with E-state index in [1.807, 2.05) is 13.8 Å². The van der Waals surface area contributed by atoms with Crippen molar-refractivity contribution in [3.05, 3.63) is 29.6 Å². The molecule has 0 unspecified atom stereocenters. The lowest BCUT2D eigenvalue weighted by molar-refractivity contribution is 0.0300. The van der Waals surface area contributed by atoms with Gasteiger partial charge in [-0.05, 0) is 32.4 Å². The summed E-state index contributed by atoms with van der Waals surface area (Å²) in [6.07, 6.45) is 0.886. The molecule has 0 saturated carbocycles. The van der Waals surface area contributed by atoms with Crippen molar-refractivity contribution in [3.63, 3.8) is 0 Å². The maximum Gasteiger partial charge on any atom is 0.173 e. The Hall–Kier alpha value is -1.42. The molecule has 3 nitrogen and oxygen atoms in total. The zero-order valence-corrected chi connectivity index (χ0v) is 11.1. The Morgan fingerprint density at radius 2 is 2.16 bits per heavy atom. The first kappa shape index (κ1) is 12.6. The Labute approximate surface area is 111 Å². The summed E-state index contributed by atoms with van der Waals surface area (Å²) in [5, 5.41) is 0. The van der Waals surface area contributed by atoms with Gasteiger partial charge >= 0.3 is 0 Å². The third-order valence-electron chi connectivity index (χ3n) is 3.89. The van der Waals surface area contributed by atoms with Crippen LogP contribution in [0.1, 0.15) is 37.0 Å². The molecule has 2 aliphatic heterocycles. The molecule has 2 heterocycles. The highest BCUT2D eigenvalue weighted by Crippen LogP contribution is 2.38. The van der Waals surface area contributed by atoms with E-state index in [2.05, 4.69) is 0 Å². The number of hydrogen-bond donors (Lipinski definition) is 0. The molecule has 2 atom stereocenters. The number of fused-ring (bicyclic) bond motifs is 1. The first-order valence-electron chi connectivity index (χ1n) is 6.58. The van der Waals surface area contributed by atoms with Crippen LogP contribution in [0.3, 0.4) is 0 Å². The smallest absolute Gasteiger partial charge is 0.173 e. The number of benzene rings is 1. The van der Waals surface area contributed by atoms with E-state index in [1.54, 1.807) is 12.1 Å². The Balaban J connectivity index is 1.84. The van der Waals surface area contributed by atoms with E-state index >= 15 is 0 Å². The minimum absolute atomic E-state index is 0.0944. The molecule has 102 valence electrons. The predicted molar refractivity (Wildman–Crippen MR) is 67.9 cm³/mol. The van der Waals surface area contributed by atoms with Gasteiger partial charge in [0.15, 0.2) is 5.78 Å². The molecule has 0 aliphatic carbocycles. The van der Waals surface area contributed by atoms with Crippen molar-refractivity contribution in [1.82, 2.24) is 0 Å². The summed E-state index contributed by atoms with van der Waals surface area (Å²) in [5.74, 6) is -0.112. The van der Waals surface area contributed by atoms with Crippen LogP contribution in [0.4, 0.5) is 4.39 Å². The van der Waals surface area contributed by atoms with Gasteiger partial charge in [-0.15, -0.1) is 0 Å². The van der Waals surface area contributed by atoms with Crippen molar-refractivity contribution in [2.45, 2.75) is 38.4 Å². The summed E-state index contributed by atoms with van der Waals surface area (Å²) in [5.41, 5.74) is -0.0730. The normalized spacial score (nSPS) is 28.9. The van der Waals surface area contributed by atoms with Crippen molar-refractivity contribution in [1.29, 1.82) is 0 Å². The second-order valence-electron chi connectivity index (χ2n) is 5.93. The van der Waals surface area contributed by atoms with Crippen LogP contribution in [-0.2, 0) is 4.74 Å². The van der Waals surface area contributed by atoms with Crippen molar-refractivity contribution in [3.8, 4) is 5.75 Å². The van der Waals surface area contributed by atoms with Gasteiger partial charge in [-0.25, -0.2) is 4.39 Å². The van der Waals surface area contributed by atoms with Gasteiger partial charge in [0.2, 0.25) is 0 Å². The second kappa shape index (κ2) is 4.30. The highest BCUT2D eigenvalue weighted by molar-refractivity contribution is 6.00. The van der Waals surface area contributed by atoms with E-state index in [4.69, 9.17) is 9.47 Å². The molecule has 0 radical (unpaired) electrons. The zero-order chi connectivity index (χ0) is 13.6. The Bertz CT molecular complexity index is 524. The van der Waals surface area contributed by atoms with Crippen molar-refractivity contribution in [2.24, 2.45) is 5.92 Å². The topological polar surface area (TPSA) is 35.5 Å². The molecule has 0 bridgehead atoms. The minimum atomic E-state index is -0.496. The predicted octanol–water partition coefficient (Wildman–Crippen LogP) is 2.97. The van der Waals surface area contributed by atoms with Gasteiger partial charge in [-0.2, -0.15) is 0 Å². The molecule has 4 heteroatoms. The average Bonchev–Trinajstić information content (AvgIpc) is 2.69. The molecule has 0 aromatic heterocycles. The number of carbonyl (C=O) groups is 1. The monoisotopic (exact) mass is 264 g/mol. The van der Waals surface area contributed by atoms with Crippen LogP contribution in [0.25, 0.3) is 0 Å². The zero-order valence-electron chi connectivity index (χ0n) is 11.1. The van der Waals surface area contributed by atoms with E-state index in [9.17, 15) is 9.18 Å². The molecule has 0 amide bonds. The van der Waals surface area contributed by atoms with Crippen LogP contribution in [0.2, 0.25) is 0 Å². The highest BCUT2D eigenvalue weighted by atomic mass is 19.1. The maximum absolute atomic E-state index is 13.6. The summed E-state index contributed by atoms with van der Waals surface area (Å²) in [7, 11) is 0. The van der Waals surface area contributed by atoms with Crippen molar-refractivity contribution in [2.75, 3.05) is 6.61 Å². The molecule has 19 heavy (non-hydrogen) atoms. The minimum Gasteiger partial charge on any atom is -0.489 e. The molecule has 0 spiro atoms. The summed E-state index contributed by atoms with van der Waals surface area (Å²) >= 11 is 0. The molecular weight excluding hydrogens is 247 g/mol. The quantitative estimate of drug-likeness (QED) is 0.782. The van der Waals surface area contributed by atoms with Crippen LogP contribution in [0, 0.1) is 11.7 Å². The Kier molecular flexibility index (Phi) is 2.86. The number of rotatable bonds is 1. The number of ether oxygens (including phenoxy) is 2. The number of hydrogen-bond acceptors (Lipinski definition) is 3. The van der Waals surface area contributed by atoms with Crippen LogP contribution >= 0.6 is 0 Å². The lowest BCUT2D eigenvalue weighted by Gasteiger charge is -2.29. The van der Waals surface area contributed by atoms with E-state index < -0.39 is 5.82 Å². The van der Waals surface area contributed by atoms with Crippen LogP contribution in [0.15, 0.2) is 18.2 Å². The first-order chi connectivity index (χ1) is 8.96. The molecule has 0 N–H and O–H groups in total. The molecule has 1 aromatic rings. The summed E-state index contributed by atoms with van der Waals surface area (Å²) < 4.78 is 25.1. The molecular formula is C15H17FO3. The fraction of sp³-hybridized carbons (Fsp3) is 0.533. The van der Waals surface area contributed by atoms with E-state index in [1.165, 1.54) is 6.07 Å². The first-order valence-corrected chi connectivity index (χ1v) is 6.58. The van der Waals surface area contributed by atoms with Crippen LogP contribution in [0.5, 0.6) is 5.75 Å². The van der Waals surface area contributed by atoms with Gasteiger partial charge in [-0.3, -0.25) is 4.79 Å². The summed E-state index contributed by atoms with van der Waals surface area (Å²) in [6.45, 7) is 4.66. The van der Waals surface area contributed by atoms with Gasteiger partial charge in [0.1, 0.15) is 17.7 Å². The third-order valence-corrected chi connectivity index (χ3v) is 3.89. The number of halogens is 1. The van der Waals surface area contributed by atoms with Crippen LogP contribution in [-0.4, -0.2) is 24.1 Å². The Morgan fingerprint density at radius 1 is 1.37 bits per heavy atom. The standard InChI is InChI=1S/C15H17FO3/c1-15(2)7-9(8-18-15)13-6-11(17)14-10(16)4-3-5-12(14)19-13/h3-5,9,13H,6-8H2,1-2H3/t9-,13-/m0/s1. The van der Waals surface area contributed by atoms with Crippen molar-refractivity contribution >= 4 is 5.78 Å². The largest absolute Gasteiger partial charge is 0.489 e. The number of ketones is 1. The van der Waals surface area contributed by atoms with E-state index in [0.717, 1.165) is 6.42 Å². The molecule has 2 aliphatic rings. The van der Waals surface area contributed by atoms with Gasteiger partial charge in [0, 0.05) is 12.3 Å². The SMILES string of the molecule is CC1(C)C[C@H]([C@@H]2CC(=O)c3c(F)cccc3O2)CO1. The molecule has 3 rings (SSSR count). The Morgan fingerprint density at radius 3 is 2.84 bits per heavy atom. The van der Waals surface area contributed by atoms with Gasteiger partial charge in [-0.1, -0.05) is 6.07 Å². The molecule has 1 saturated heterocycles. The fourth-order valence-corrected chi connectivity index (χ4v) is 2.95. The number of Topliss-reactive ketones (excluding diaryl/α,β-unsaturated/α-hetero) is 1. The summed E-state index contributed by atoms with van der Waals surface area (Å²) in [4.78, 5) is 12.1. The average molecular weight is 264 g/mol. The maximum atomic E-state index is 13.6. The van der Waals surface area contributed by atoms with E-state index in [0.29, 0.717) is 12.4 Å². The summed E-state index contributed by atoms with van der Waals surface area (Å²) in [6, 6.07) is 4.52. The molecule has 1 aromatic carbocycles. The van der Waals surface area contributed by atoms with Crippen molar-refractivity contribution < 1.29 is 18.7 Å². The highest BCUT2D eigenvalue weighted by Gasteiger charge is 2.41. The lowest BCUT2D eigenvalue weighted by Crippen LogP contribution is -2.35. The van der Waals surface area contributed by atoms with Gasteiger partial charge in [0.25, 0.3) is 0 Å². The van der Waals surface area contributed by atoms with E-state index in [-0.39, 0.29) is 35.4 Å². The lowest BCUT2D eigenvalue weighted by atomic mass is 9.88. The number of carbonyl (C=O) groups excluding carboxylic acids is 1.